The summed E-state index contributed by atoms with van der Waals surface area (Å²) in [5.74, 6) is -0.575. The summed E-state index contributed by atoms with van der Waals surface area (Å²) in [5, 5.41) is 4.93. The Labute approximate surface area is 185 Å². The van der Waals surface area contributed by atoms with Gasteiger partial charge in [0, 0.05) is 46.5 Å². The number of para-hydroxylation sites is 1. The van der Waals surface area contributed by atoms with E-state index < -0.39 is 0 Å². The molecule has 0 bridgehead atoms. The number of anilines is 2. The van der Waals surface area contributed by atoms with E-state index in [1.807, 2.05) is 70.7 Å². The maximum absolute atomic E-state index is 12.7. The summed E-state index contributed by atoms with van der Waals surface area (Å²) in [6.07, 6.45) is 4.17. The van der Waals surface area contributed by atoms with Gasteiger partial charge in [0.1, 0.15) is 0 Å². The van der Waals surface area contributed by atoms with Crippen molar-refractivity contribution in [2.24, 2.45) is 5.92 Å². The van der Waals surface area contributed by atoms with Crippen molar-refractivity contribution >= 4 is 55.4 Å². The van der Waals surface area contributed by atoms with Crippen molar-refractivity contribution in [3.63, 3.8) is 0 Å². The number of imidazole rings is 1. The van der Waals surface area contributed by atoms with Crippen LogP contribution >= 0.6 is 27.3 Å². The first kappa shape index (κ1) is 19.0. The third-order valence-electron chi connectivity index (χ3n) is 5.18. The van der Waals surface area contributed by atoms with E-state index in [9.17, 15) is 9.59 Å². The Balaban J connectivity index is 1.27. The summed E-state index contributed by atoms with van der Waals surface area (Å²) in [5.41, 5.74) is 3.38. The molecule has 3 heterocycles. The monoisotopic (exact) mass is 480 g/mol. The zero-order valence-electron chi connectivity index (χ0n) is 15.8. The Morgan fingerprint density at radius 3 is 2.73 bits per heavy atom. The predicted molar refractivity (Wildman–Crippen MR) is 122 cm³/mol. The molecule has 1 atom stereocenters. The van der Waals surface area contributed by atoms with Crippen molar-refractivity contribution in [3.8, 4) is 11.3 Å². The van der Waals surface area contributed by atoms with Crippen LogP contribution < -0.4 is 10.2 Å². The van der Waals surface area contributed by atoms with E-state index in [4.69, 9.17) is 0 Å². The van der Waals surface area contributed by atoms with Gasteiger partial charge in [-0.1, -0.05) is 24.3 Å². The Morgan fingerprint density at radius 1 is 1.17 bits per heavy atom. The van der Waals surface area contributed by atoms with Crippen LogP contribution in [0.3, 0.4) is 0 Å². The topological polar surface area (TPSA) is 66.7 Å². The molecule has 2 aromatic carbocycles. The number of carbonyl (C=O) groups excluding carboxylic acids is 2. The van der Waals surface area contributed by atoms with Gasteiger partial charge in [-0.2, -0.15) is 0 Å². The highest BCUT2D eigenvalue weighted by Gasteiger charge is 2.35. The van der Waals surface area contributed by atoms with Gasteiger partial charge in [0.05, 0.1) is 17.3 Å². The molecule has 5 rings (SSSR count). The third kappa shape index (κ3) is 3.53. The molecule has 1 N–H and O–H groups in total. The molecule has 2 aromatic heterocycles. The van der Waals surface area contributed by atoms with E-state index in [0.29, 0.717) is 12.2 Å². The smallest absolute Gasteiger partial charge is 0.229 e. The van der Waals surface area contributed by atoms with Crippen LogP contribution in [0.5, 0.6) is 0 Å². The first-order valence-corrected chi connectivity index (χ1v) is 11.1. The zero-order chi connectivity index (χ0) is 20.7. The molecule has 6 nitrogen and oxygen atoms in total. The summed E-state index contributed by atoms with van der Waals surface area (Å²) in [6, 6.07) is 15.2. The van der Waals surface area contributed by atoms with Gasteiger partial charge in [0.25, 0.3) is 0 Å². The Kier molecular flexibility index (Phi) is 4.88. The van der Waals surface area contributed by atoms with Gasteiger partial charge in [-0.15, -0.1) is 11.3 Å². The van der Waals surface area contributed by atoms with Crippen LogP contribution in [0.4, 0.5) is 11.4 Å². The second kappa shape index (κ2) is 7.70. The zero-order valence-corrected chi connectivity index (χ0v) is 18.2. The Morgan fingerprint density at radius 2 is 1.97 bits per heavy atom. The molecule has 4 aromatic rings. The predicted octanol–water partition coefficient (Wildman–Crippen LogP) is 4.82. The van der Waals surface area contributed by atoms with Gasteiger partial charge >= 0.3 is 0 Å². The molecule has 0 spiro atoms. The fourth-order valence-corrected chi connectivity index (χ4v) is 4.82. The SMILES string of the molecule is O=C(Nc1ccc(-c2cn3ccsc3n2)cc1)C1CC(=O)N(c2ccccc2Br)C1. The fourth-order valence-electron chi connectivity index (χ4n) is 3.62. The third-order valence-corrected chi connectivity index (χ3v) is 6.62. The number of benzene rings is 2. The molecule has 0 radical (unpaired) electrons. The lowest BCUT2D eigenvalue weighted by Gasteiger charge is -2.18. The second-order valence-electron chi connectivity index (χ2n) is 7.14. The molecule has 1 aliphatic heterocycles. The number of hydrogen-bond acceptors (Lipinski definition) is 4. The van der Waals surface area contributed by atoms with Crippen LogP contribution in [0.15, 0.2) is 70.8 Å². The van der Waals surface area contributed by atoms with E-state index in [2.05, 4.69) is 26.2 Å². The van der Waals surface area contributed by atoms with Crippen LogP contribution in [-0.2, 0) is 9.59 Å². The van der Waals surface area contributed by atoms with Crippen LogP contribution in [0, 0.1) is 5.92 Å². The molecular formula is C22H17BrN4O2S. The highest BCUT2D eigenvalue weighted by atomic mass is 79.9. The van der Waals surface area contributed by atoms with E-state index in [1.54, 1.807) is 16.2 Å². The number of nitrogens with zero attached hydrogens (tertiary/aromatic N) is 3. The van der Waals surface area contributed by atoms with Crippen LogP contribution in [0.1, 0.15) is 6.42 Å². The van der Waals surface area contributed by atoms with Gasteiger partial charge < -0.3 is 10.2 Å². The number of thiazole rings is 1. The number of fused-ring (bicyclic) bond motifs is 1. The summed E-state index contributed by atoms with van der Waals surface area (Å²) >= 11 is 5.07. The number of carbonyl (C=O) groups is 2. The summed E-state index contributed by atoms with van der Waals surface area (Å²) in [4.78, 5) is 32.4. The van der Waals surface area contributed by atoms with Crippen LogP contribution in [0.25, 0.3) is 16.2 Å². The minimum absolute atomic E-state index is 0.0443. The van der Waals surface area contributed by atoms with Gasteiger partial charge in [-0.05, 0) is 40.2 Å². The van der Waals surface area contributed by atoms with Gasteiger partial charge in [0.2, 0.25) is 11.8 Å². The van der Waals surface area contributed by atoms with E-state index >= 15 is 0 Å². The van der Waals surface area contributed by atoms with Crippen molar-refractivity contribution < 1.29 is 9.59 Å². The molecule has 150 valence electrons. The Hall–Kier alpha value is -2.97. The van der Waals surface area contributed by atoms with Gasteiger partial charge in [0.15, 0.2) is 4.96 Å². The number of hydrogen-bond donors (Lipinski definition) is 1. The molecule has 1 unspecified atom stereocenters. The van der Waals surface area contributed by atoms with E-state index in [-0.39, 0.29) is 24.2 Å². The summed E-state index contributed by atoms with van der Waals surface area (Å²) in [7, 11) is 0. The number of rotatable bonds is 4. The summed E-state index contributed by atoms with van der Waals surface area (Å²) < 4.78 is 2.83. The van der Waals surface area contributed by atoms with Crippen LogP contribution in [0.2, 0.25) is 0 Å². The lowest BCUT2D eigenvalue weighted by Crippen LogP contribution is -2.28. The second-order valence-corrected chi connectivity index (χ2v) is 8.87. The number of nitrogens with one attached hydrogen (secondary N) is 1. The van der Waals surface area contributed by atoms with Gasteiger partial charge in [-0.3, -0.25) is 14.0 Å². The molecule has 30 heavy (non-hydrogen) atoms. The van der Waals surface area contributed by atoms with E-state index in [1.165, 1.54) is 0 Å². The highest BCUT2D eigenvalue weighted by Crippen LogP contribution is 2.32. The molecule has 0 aliphatic carbocycles. The lowest BCUT2D eigenvalue weighted by molar-refractivity contribution is -0.122. The first-order valence-electron chi connectivity index (χ1n) is 9.47. The number of amides is 2. The molecule has 2 amide bonds. The molecule has 8 heteroatoms. The maximum atomic E-state index is 12.7. The van der Waals surface area contributed by atoms with Crippen molar-refractivity contribution in [3.05, 3.63) is 70.8 Å². The fraction of sp³-hybridized carbons (Fsp3) is 0.136. The normalized spacial score (nSPS) is 16.4. The number of halogens is 1. The van der Waals surface area contributed by atoms with E-state index in [0.717, 1.165) is 26.4 Å². The highest BCUT2D eigenvalue weighted by molar-refractivity contribution is 9.10. The lowest BCUT2D eigenvalue weighted by atomic mass is 10.1. The van der Waals surface area contributed by atoms with Crippen molar-refractivity contribution in [2.75, 3.05) is 16.8 Å². The van der Waals surface area contributed by atoms with Gasteiger partial charge in [-0.25, -0.2) is 4.98 Å². The minimum Gasteiger partial charge on any atom is -0.326 e. The molecule has 0 saturated carbocycles. The minimum atomic E-state index is -0.385. The standard InChI is InChI=1S/C22H17BrN4O2S/c23-17-3-1-2-4-19(17)27-12-15(11-20(27)28)21(29)24-16-7-5-14(6-8-16)18-13-26-9-10-30-22(26)25-18/h1-10,13,15H,11-12H2,(H,24,29). The molecular weight excluding hydrogens is 464 g/mol. The molecule has 1 saturated heterocycles. The molecule has 1 aliphatic rings. The summed E-state index contributed by atoms with van der Waals surface area (Å²) in [6.45, 7) is 0.372. The average Bonchev–Trinajstić information content (AvgIpc) is 3.44. The van der Waals surface area contributed by atoms with Crippen LogP contribution in [-0.4, -0.2) is 27.7 Å². The Bertz CT molecular complexity index is 1220. The van der Waals surface area contributed by atoms with Crippen molar-refractivity contribution in [1.29, 1.82) is 0 Å². The van der Waals surface area contributed by atoms with Crippen molar-refractivity contribution in [1.82, 2.24) is 9.38 Å². The quantitative estimate of drug-likeness (QED) is 0.455. The van der Waals surface area contributed by atoms with Crippen molar-refractivity contribution in [2.45, 2.75) is 6.42 Å². The largest absolute Gasteiger partial charge is 0.326 e. The molecule has 1 fully saturated rings. The maximum Gasteiger partial charge on any atom is 0.229 e. The first-order chi connectivity index (χ1) is 14.6. The average molecular weight is 481 g/mol. The number of aromatic nitrogens is 2.